The zero-order valence-corrected chi connectivity index (χ0v) is 11.3. The Bertz CT molecular complexity index is 544. The van der Waals surface area contributed by atoms with Gasteiger partial charge in [-0.25, -0.2) is 8.78 Å². The molecule has 0 bridgehead atoms. The van der Waals surface area contributed by atoms with E-state index in [1.54, 1.807) is 0 Å². The molecule has 0 fully saturated rings. The van der Waals surface area contributed by atoms with Crippen LogP contribution in [0.2, 0.25) is 0 Å². The van der Waals surface area contributed by atoms with E-state index in [4.69, 9.17) is 0 Å². The predicted octanol–water partition coefficient (Wildman–Crippen LogP) is 4.87. The minimum atomic E-state index is -0.217. The Morgan fingerprint density at radius 1 is 1.00 bits per heavy atom. The second-order valence-corrected chi connectivity index (χ2v) is 4.94. The molecule has 0 radical (unpaired) electrons. The maximum absolute atomic E-state index is 13.4. The molecule has 0 spiro atoms. The monoisotopic (exact) mass is 260 g/mol. The highest BCUT2D eigenvalue weighted by atomic mass is 19.1. The van der Waals surface area contributed by atoms with Crippen LogP contribution in [-0.4, -0.2) is 0 Å². The molecular formula is C17H18F2. The van der Waals surface area contributed by atoms with E-state index in [2.05, 4.69) is 6.92 Å². The second-order valence-electron chi connectivity index (χ2n) is 4.94. The fraction of sp³-hybridized carbons (Fsp3) is 0.294. The Hall–Kier alpha value is -1.70. The van der Waals surface area contributed by atoms with Crippen LogP contribution in [0.1, 0.15) is 36.5 Å². The molecule has 0 saturated heterocycles. The van der Waals surface area contributed by atoms with Crippen molar-refractivity contribution < 1.29 is 8.78 Å². The number of hydrogen-bond donors (Lipinski definition) is 0. The number of benzene rings is 2. The molecule has 0 saturated carbocycles. The lowest BCUT2D eigenvalue weighted by molar-refractivity contribution is 0.610. The van der Waals surface area contributed by atoms with Gasteiger partial charge >= 0.3 is 0 Å². The maximum Gasteiger partial charge on any atom is 0.126 e. The standard InChI is InChI=1S/C17H18F2/c1-3-14-11-13(4-9-17(14)19)10-12(2)15-5-7-16(18)8-6-15/h4-9,11-12H,3,10H2,1-2H3. The van der Waals surface area contributed by atoms with Crippen LogP contribution < -0.4 is 0 Å². The SMILES string of the molecule is CCc1cc(CC(C)c2ccc(F)cc2)ccc1F. The van der Waals surface area contributed by atoms with Crippen LogP contribution in [0.25, 0.3) is 0 Å². The van der Waals surface area contributed by atoms with E-state index >= 15 is 0 Å². The Labute approximate surface area is 113 Å². The van der Waals surface area contributed by atoms with Gasteiger partial charge in [0.25, 0.3) is 0 Å². The molecule has 0 aliphatic rings. The summed E-state index contributed by atoms with van der Waals surface area (Å²) in [5.74, 6) is -0.0672. The summed E-state index contributed by atoms with van der Waals surface area (Å²) in [5, 5.41) is 0. The molecule has 1 atom stereocenters. The zero-order chi connectivity index (χ0) is 13.8. The molecule has 0 nitrogen and oxygen atoms in total. The lowest BCUT2D eigenvalue weighted by Gasteiger charge is -2.13. The Morgan fingerprint density at radius 2 is 1.68 bits per heavy atom. The normalized spacial score (nSPS) is 12.4. The van der Waals surface area contributed by atoms with Gasteiger partial charge in [-0.15, -0.1) is 0 Å². The highest BCUT2D eigenvalue weighted by molar-refractivity contribution is 5.28. The van der Waals surface area contributed by atoms with Gasteiger partial charge in [0.2, 0.25) is 0 Å². The van der Waals surface area contributed by atoms with Crippen molar-refractivity contribution in [3.63, 3.8) is 0 Å². The molecule has 0 N–H and O–H groups in total. The first-order chi connectivity index (χ1) is 9.10. The quantitative estimate of drug-likeness (QED) is 0.735. The van der Waals surface area contributed by atoms with E-state index in [1.165, 1.54) is 18.2 Å². The highest BCUT2D eigenvalue weighted by Crippen LogP contribution is 2.22. The minimum Gasteiger partial charge on any atom is -0.207 e. The van der Waals surface area contributed by atoms with Crippen molar-refractivity contribution in [2.24, 2.45) is 0 Å². The fourth-order valence-electron chi connectivity index (χ4n) is 2.29. The third-order valence-electron chi connectivity index (χ3n) is 3.47. The average molecular weight is 260 g/mol. The Balaban J connectivity index is 2.14. The van der Waals surface area contributed by atoms with Crippen LogP contribution in [0.5, 0.6) is 0 Å². The highest BCUT2D eigenvalue weighted by Gasteiger charge is 2.08. The predicted molar refractivity (Wildman–Crippen MR) is 74.3 cm³/mol. The summed E-state index contributed by atoms with van der Waals surface area (Å²) >= 11 is 0. The molecule has 2 aromatic rings. The number of aryl methyl sites for hydroxylation is 1. The molecule has 2 rings (SSSR count). The summed E-state index contributed by atoms with van der Waals surface area (Å²) in [5.41, 5.74) is 2.97. The molecule has 0 aliphatic carbocycles. The van der Waals surface area contributed by atoms with E-state index in [0.717, 1.165) is 23.1 Å². The lowest BCUT2D eigenvalue weighted by Crippen LogP contribution is -2.00. The summed E-state index contributed by atoms with van der Waals surface area (Å²) in [6.45, 7) is 4.05. The van der Waals surface area contributed by atoms with Crippen LogP contribution in [0, 0.1) is 11.6 Å². The van der Waals surface area contributed by atoms with Crippen molar-refractivity contribution in [2.75, 3.05) is 0 Å². The Morgan fingerprint density at radius 3 is 2.32 bits per heavy atom. The molecule has 0 aromatic heterocycles. The minimum absolute atomic E-state index is 0.138. The molecule has 1 unspecified atom stereocenters. The summed E-state index contributed by atoms with van der Waals surface area (Å²) in [6, 6.07) is 11.9. The van der Waals surface area contributed by atoms with Crippen LogP contribution in [0.3, 0.4) is 0 Å². The van der Waals surface area contributed by atoms with Crippen molar-refractivity contribution in [3.8, 4) is 0 Å². The van der Waals surface area contributed by atoms with E-state index in [0.29, 0.717) is 6.42 Å². The first kappa shape index (κ1) is 13.7. The summed E-state index contributed by atoms with van der Waals surface area (Å²) in [6.07, 6.45) is 1.53. The summed E-state index contributed by atoms with van der Waals surface area (Å²) in [7, 11) is 0. The van der Waals surface area contributed by atoms with Gasteiger partial charge in [0.15, 0.2) is 0 Å². The van der Waals surface area contributed by atoms with Crippen molar-refractivity contribution in [1.29, 1.82) is 0 Å². The van der Waals surface area contributed by atoms with Gasteiger partial charge in [0, 0.05) is 0 Å². The van der Waals surface area contributed by atoms with E-state index < -0.39 is 0 Å². The van der Waals surface area contributed by atoms with Crippen LogP contribution in [0.4, 0.5) is 8.78 Å². The van der Waals surface area contributed by atoms with E-state index in [-0.39, 0.29) is 17.6 Å². The van der Waals surface area contributed by atoms with Crippen molar-refractivity contribution in [1.82, 2.24) is 0 Å². The summed E-state index contributed by atoms with van der Waals surface area (Å²) in [4.78, 5) is 0. The van der Waals surface area contributed by atoms with Crippen LogP contribution in [-0.2, 0) is 12.8 Å². The van der Waals surface area contributed by atoms with Gasteiger partial charge in [-0.05, 0) is 53.6 Å². The van der Waals surface area contributed by atoms with E-state index in [1.807, 2.05) is 31.2 Å². The van der Waals surface area contributed by atoms with Gasteiger partial charge in [-0.1, -0.05) is 38.1 Å². The van der Waals surface area contributed by atoms with Crippen molar-refractivity contribution in [2.45, 2.75) is 32.6 Å². The number of halogens is 2. The molecule has 100 valence electrons. The van der Waals surface area contributed by atoms with Gasteiger partial charge in [-0.3, -0.25) is 0 Å². The largest absolute Gasteiger partial charge is 0.207 e. The fourth-order valence-corrected chi connectivity index (χ4v) is 2.29. The average Bonchev–Trinajstić information content (AvgIpc) is 2.41. The molecule has 0 aliphatic heterocycles. The molecule has 0 heterocycles. The molecule has 0 amide bonds. The maximum atomic E-state index is 13.4. The van der Waals surface area contributed by atoms with Crippen molar-refractivity contribution >= 4 is 0 Å². The van der Waals surface area contributed by atoms with Gasteiger partial charge in [-0.2, -0.15) is 0 Å². The first-order valence-corrected chi connectivity index (χ1v) is 6.63. The molecule has 2 heteroatoms. The zero-order valence-electron chi connectivity index (χ0n) is 11.3. The van der Waals surface area contributed by atoms with Gasteiger partial charge in [0.1, 0.15) is 11.6 Å². The first-order valence-electron chi connectivity index (χ1n) is 6.63. The molecule has 2 aromatic carbocycles. The van der Waals surface area contributed by atoms with Crippen molar-refractivity contribution in [3.05, 3.63) is 70.8 Å². The lowest BCUT2D eigenvalue weighted by atomic mass is 9.93. The number of rotatable bonds is 4. The van der Waals surface area contributed by atoms with Gasteiger partial charge < -0.3 is 0 Å². The molecule has 19 heavy (non-hydrogen) atoms. The van der Waals surface area contributed by atoms with Crippen LogP contribution >= 0.6 is 0 Å². The van der Waals surface area contributed by atoms with E-state index in [9.17, 15) is 8.78 Å². The second kappa shape index (κ2) is 5.96. The Kier molecular flexibility index (Phi) is 4.31. The topological polar surface area (TPSA) is 0 Å². The molecular weight excluding hydrogens is 242 g/mol. The third-order valence-corrected chi connectivity index (χ3v) is 3.47. The third kappa shape index (κ3) is 3.40. The number of hydrogen-bond acceptors (Lipinski definition) is 0. The summed E-state index contributed by atoms with van der Waals surface area (Å²) < 4.78 is 26.3. The smallest absolute Gasteiger partial charge is 0.126 e. The van der Waals surface area contributed by atoms with Crippen LogP contribution in [0.15, 0.2) is 42.5 Å². The van der Waals surface area contributed by atoms with Gasteiger partial charge in [0.05, 0.1) is 0 Å².